The van der Waals surface area contributed by atoms with Gasteiger partial charge in [-0.3, -0.25) is 19.6 Å². The van der Waals surface area contributed by atoms with Gasteiger partial charge in [0.25, 0.3) is 0 Å². The van der Waals surface area contributed by atoms with Crippen molar-refractivity contribution in [1.29, 1.82) is 0 Å². The Hall–Kier alpha value is -2.41. The minimum absolute atomic E-state index is 0.191. The van der Waals surface area contributed by atoms with E-state index in [0.717, 1.165) is 42.8 Å². The van der Waals surface area contributed by atoms with Crippen molar-refractivity contribution >= 4 is 28.4 Å². The summed E-state index contributed by atoms with van der Waals surface area (Å²) in [6.45, 7) is 4.50. The minimum atomic E-state index is -0.350. The van der Waals surface area contributed by atoms with Crippen molar-refractivity contribution in [2.75, 3.05) is 31.1 Å². The molecule has 4 heterocycles. The van der Waals surface area contributed by atoms with Crippen molar-refractivity contribution < 1.29 is 9.59 Å². The SMILES string of the molecule is Cn1nc(C2CCC(=O)NC2=O)c2ccc(N3CCC4(CCNC4)CC3)cc21. The van der Waals surface area contributed by atoms with Crippen LogP contribution in [0.3, 0.4) is 0 Å². The van der Waals surface area contributed by atoms with Gasteiger partial charge in [-0.15, -0.1) is 0 Å². The molecule has 1 aromatic carbocycles. The van der Waals surface area contributed by atoms with Crippen LogP contribution < -0.4 is 15.5 Å². The van der Waals surface area contributed by atoms with Crippen molar-refractivity contribution in [2.45, 2.75) is 38.0 Å². The summed E-state index contributed by atoms with van der Waals surface area (Å²) in [5.41, 5.74) is 3.56. The summed E-state index contributed by atoms with van der Waals surface area (Å²) in [7, 11) is 1.93. The summed E-state index contributed by atoms with van der Waals surface area (Å²) < 4.78 is 1.87. The molecule has 3 fully saturated rings. The van der Waals surface area contributed by atoms with Gasteiger partial charge in [0.15, 0.2) is 0 Å². The van der Waals surface area contributed by atoms with Gasteiger partial charge in [-0.2, -0.15) is 5.10 Å². The van der Waals surface area contributed by atoms with Crippen LogP contribution in [0, 0.1) is 5.41 Å². The molecule has 0 saturated carbocycles. The molecule has 148 valence electrons. The van der Waals surface area contributed by atoms with Crippen molar-refractivity contribution in [2.24, 2.45) is 12.5 Å². The van der Waals surface area contributed by atoms with Crippen LogP contribution in [0.15, 0.2) is 18.2 Å². The number of rotatable bonds is 2. The number of carbonyl (C=O) groups is 2. The van der Waals surface area contributed by atoms with E-state index in [0.29, 0.717) is 18.3 Å². The molecule has 1 atom stereocenters. The van der Waals surface area contributed by atoms with Gasteiger partial charge in [0.1, 0.15) is 0 Å². The molecule has 0 radical (unpaired) electrons. The van der Waals surface area contributed by atoms with Crippen LogP contribution in [0.1, 0.15) is 43.7 Å². The zero-order chi connectivity index (χ0) is 19.3. The quantitative estimate of drug-likeness (QED) is 0.774. The number of anilines is 1. The third kappa shape index (κ3) is 2.89. The first-order chi connectivity index (χ1) is 13.5. The van der Waals surface area contributed by atoms with E-state index < -0.39 is 0 Å². The molecule has 2 N–H and O–H groups in total. The number of hydrogen-bond donors (Lipinski definition) is 2. The standard InChI is InChI=1S/C21H27N5O2/c1-25-17-12-14(26-10-7-21(8-11-26)6-9-22-13-21)2-3-15(17)19(24-25)16-4-5-18(27)23-20(16)28/h2-3,12,16,22H,4-11,13H2,1H3,(H,23,27,28). The first kappa shape index (κ1) is 17.7. The fourth-order valence-corrected chi connectivity index (χ4v) is 5.14. The van der Waals surface area contributed by atoms with Gasteiger partial charge in [-0.1, -0.05) is 0 Å². The van der Waals surface area contributed by atoms with Gasteiger partial charge in [0.2, 0.25) is 11.8 Å². The molecule has 1 aromatic heterocycles. The summed E-state index contributed by atoms with van der Waals surface area (Å²) in [5, 5.41) is 11.6. The van der Waals surface area contributed by atoms with E-state index in [2.05, 4.69) is 38.8 Å². The number of nitrogens with zero attached hydrogens (tertiary/aromatic N) is 3. The lowest BCUT2D eigenvalue weighted by atomic mass is 9.78. The topological polar surface area (TPSA) is 79.3 Å². The van der Waals surface area contributed by atoms with Crippen molar-refractivity contribution in [1.82, 2.24) is 20.4 Å². The van der Waals surface area contributed by atoms with Gasteiger partial charge in [-0.25, -0.2) is 0 Å². The third-order valence-corrected chi connectivity index (χ3v) is 6.95. The highest BCUT2D eigenvalue weighted by molar-refractivity contribution is 6.02. The molecular weight excluding hydrogens is 354 g/mol. The highest BCUT2D eigenvalue weighted by Gasteiger charge is 2.37. The zero-order valence-electron chi connectivity index (χ0n) is 16.3. The third-order valence-electron chi connectivity index (χ3n) is 6.95. The second-order valence-electron chi connectivity index (χ2n) is 8.63. The second-order valence-corrected chi connectivity index (χ2v) is 8.63. The normalized spacial score (nSPS) is 24.9. The molecule has 7 nitrogen and oxygen atoms in total. The molecule has 2 amide bonds. The predicted octanol–water partition coefficient (Wildman–Crippen LogP) is 1.67. The van der Waals surface area contributed by atoms with Crippen LogP contribution in [0.25, 0.3) is 10.9 Å². The summed E-state index contributed by atoms with van der Waals surface area (Å²) >= 11 is 0. The number of hydrogen-bond acceptors (Lipinski definition) is 5. The molecule has 0 aliphatic carbocycles. The summed E-state index contributed by atoms with van der Waals surface area (Å²) in [6, 6.07) is 6.45. The molecule has 2 aromatic rings. The van der Waals surface area contributed by atoms with Crippen LogP contribution in [0.2, 0.25) is 0 Å². The van der Waals surface area contributed by atoms with E-state index in [-0.39, 0.29) is 17.7 Å². The lowest BCUT2D eigenvalue weighted by Crippen LogP contribution is -2.41. The Kier molecular flexibility index (Phi) is 4.16. The number of fused-ring (bicyclic) bond motifs is 1. The highest BCUT2D eigenvalue weighted by atomic mass is 16.2. The van der Waals surface area contributed by atoms with Gasteiger partial charge in [0.05, 0.1) is 17.1 Å². The number of amides is 2. The maximum absolute atomic E-state index is 12.3. The fourth-order valence-electron chi connectivity index (χ4n) is 5.14. The Morgan fingerprint density at radius 2 is 2.00 bits per heavy atom. The van der Waals surface area contributed by atoms with Crippen LogP contribution >= 0.6 is 0 Å². The van der Waals surface area contributed by atoms with Gasteiger partial charge in [-0.05, 0) is 55.8 Å². The van der Waals surface area contributed by atoms with Crippen molar-refractivity contribution in [3.63, 3.8) is 0 Å². The lowest BCUT2D eigenvalue weighted by Gasteiger charge is -2.40. The van der Waals surface area contributed by atoms with Crippen LogP contribution in [0.4, 0.5) is 5.69 Å². The van der Waals surface area contributed by atoms with Crippen LogP contribution in [-0.4, -0.2) is 47.8 Å². The highest BCUT2D eigenvalue weighted by Crippen LogP contribution is 2.39. The Morgan fingerprint density at radius 3 is 2.71 bits per heavy atom. The first-order valence-electron chi connectivity index (χ1n) is 10.3. The number of nitrogens with one attached hydrogen (secondary N) is 2. The maximum atomic E-state index is 12.3. The van der Waals surface area contributed by atoms with E-state index in [1.165, 1.54) is 24.9 Å². The van der Waals surface area contributed by atoms with Crippen molar-refractivity contribution in [3.8, 4) is 0 Å². The molecule has 5 rings (SSSR count). The summed E-state index contributed by atoms with van der Waals surface area (Å²) in [4.78, 5) is 26.2. The summed E-state index contributed by atoms with van der Waals surface area (Å²) in [5.74, 6) is -0.770. The average Bonchev–Trinajstić information content (AvgIpc) is 3.27. The summed E-state index contributed by atoms with van der Waals surface area (Å²) in [6.07, 6.45) is 4.69. The molecule has 0 bridgehead atoms. The lowest BCUT2D eigenvalue weighted by molar-refractivity contribution is -0.134. The Labute approximate surface area is 164 Å². The van der Waals surface area contributed by atoms with E-state index in [1.54, 1.807) is 0 Å². The number of carbonyl (C=O) groups excluding carboxylic acids is 2. The number of piperidine rings is 2. The van der Waals surface area contributed by atoms with Crippen LogP contribution in [0.5, 0.6) is 0 Å². The average molecular weight is 381 g/mol. The fraction of sp³-hybridized carbons (Fsp3) is 0.571. The molecule has 7 heteroatoms. The maximum Gasteiger partial charge on any atom is 0.235 e. The number of aryl methyl sites for hydroxylation is 1. The van der Waals surface area contributed by atoms with E-state index in [4.69, 9.17) is 0 Å². The largest absolute Gasteiger partial charge is 0.371 e. The number of aromatic nitrogens is 2. The first-order valence-corrected chi connectivity index (χ1v) is 10.3. The minimum Gasteiger partial charge on any atom is -0.371 e. The molecule has 3 saturated heterocycles. The number of imide groups is 1. The van der Waals surface area contributed by atoms with E-state index >= 15 is 0 Å². The van der Waals surface area contributed by atoms with E-state index in [9.17, 15) is 9.59 Å². The molecule has 1 spiro atoms. The molecular formula is C21H27N5O2. The zero-order valence-corrected chi connectivity index (χ0v) is 16.3. The molecule has 1 unspecified atom stereocenters. The van der Waals surface area contributed by atoms with Gasteiger partial charge >= 0.3 is 0 Å². The van der Waals surface area contributed by atoms with Gasteiger partial charge in [0, 0.05) is 44.2 Å². The van der Waals surface area contributed by atoms with E-state index in [1.807, 2.05) is 11.7 Å². The second kappa shape index (κ2) is 6.58. The Morgan fingerprint density at radius 1 is 1.18 bits per heavy atom. The number of benzene rings is 1. The molecule has 28 heavy (non-hydrogen) atoms. The van der Waals surface area contributed by atoms with Gasteiger partial charge < -0.3 is 10.2 Å². The predicted molar refractivity (Wildman–Crippen MR) is 107 cm³/mol. The van der Waals surface area contributed by atoms with Crippen LogP contribution in [-0.2, 0) is 16.6 Å². The molecule has 3 aliphatic rings. The Bertz CT molecular complexity index is 934. The molecule has 3 aliphatic heterocycles. The van der Waals surface area contributed by atoms with Crippen molar-refractivity contribution in [3.05, 3.63) is 23.9 Å². The smallest absolute Gasteiger partial charge is 0.235 e. The monoisotopic (exact) mass is 381 g/mol. The Balaban J connectivity index is 1.41.